The second-order valence-corrected chi connectivity index (χ2v) is 6.48. The minimum Gasteiger partial charge on any atom is -0.424 e. The summed E-state index contributed by atoms with van der Waals surface area (Å²) in [5, 5.41) is 1.15. The number of esters is 1. The zero-order valence-corrected chi connectivity index (χ0v) is 15.3. The molecule has 0 heterocycles. The summed E-state index contributed by atoms with van der Waals surface area (Å²) in [5.41, 5.74) is 1.63. The van der Waals surface area contributed by atoms with E-state index >= 15 is 0 Å². The van der Waals surface area contributed by atoms with E-state index in [2.05, 4.69) is 0 Å². The van der Waals surface area contributed by atoms with Crippen molar-refractivity contribution in [2.24, 2.45) is 0 Å². The molecule has 5 heteroatoms. The lowest BCUT2D eigenvalue weighted by Gasteiger charge is -2.17. The number of benzene rings is 3. The molecule has 0 fully saturated rings. The molecular formula is C21H16Cl2O3. The highest BCUT2D eigenvalue weighted by Gasteiger charge is 2.24. The quantitative estimate of drug-likeness (QED) is 0.393. The second-order valence-electron chi connectivity index (χ2n) is 5.60. The lowest BCUT2D eigenvalue weighted by atomic mass is 10.1. The van der Waals surface area contributed by atoms with E-state index in [1.54, 1.807) is 48.5 Å². The van der Waals surface area contributed by atoms with Crippen LogP contribution in [0.25, 0.3) is 0 Å². The highest BCUT2D eigenvalue weighted by molar-refractivity contribution is 6.30. The molecule has 0 aromatic heterocycles. The zero-order valence-electron chi connectivity index (χ0n) is 13.8. The first kappa shape index (κ1) is 18.5. The van der Waals surface area contributed by atoms with Crippen molar-refractivity contribution in [2.75, 3.05) is 0 Å². The highest BCUT2D eigenvalue weighted by atomic mass is 35.5. The van der Waals surface area contributed by atoms with Crippen LogP contribution in [-0.4, -0.2) is 5.97 Å². The van der Waals surface area contributed by atoms with Gasteiger partial charge >= 0.3 is 5.97 Å². The number of ether oxygens (including phenoxy) is 2. The lowest BCUT2D eigenvalue weighted by molar-refractivity contribution is -0.148. The molecule has 0 saturated carbocycles. The Bertz CT molecular complexity index is 847. The summed E-state index contributed by atoms with van der Waals surface area (Å²) in [7, 11) is 0. The van der Waals surface area contributed by atoms with Crippen molar-refractivity contribution >= 4 is 29.2 Å². The fourth-order valence-corrected chi connectivity index (χ4v) is 2.62. The SMILES string of the molecule is O=C(Oc1ccc(Cl)cc1)C(OCc1ccccc1)c1ccc(Cl)cc1. The van der Waals surface area contributed by atoms with Crippen LogP contribution >= 0.6 is 23.2 Å². The van der Waals surface area contributed by atoms with Crippen LogP contribution in [0.1, 0.15) is 17.2 Å². The fourth-order valence-electron chi connectivity index (χ4n) is 2.36. The second kappa shape index (κ2) is 8.86. The van der Waals surface area contributed by atoms with Crippen molar-refractivity contribution in [2.45, 2.75) is 12.7 Å². The Labute approximate surface area is 162 Å². The molecule has 1 atom stereocenters. The van der Waals surface area contributed by atoms with E-state index in [1.807, 2.05) is 30.3 Å². The average Bonchev–Trinajstić information content (AvgIpc) is 2.66. The van der Waals surface area contributed by atoms with Crippen LogP contribution in [0.3, 0.4) is 0 Å². The van der Waals surface area contributed by atoms with Crippen molar-refractivity contribution < 1.29 is 14.3 Å². The minimum atomic E-state index is -0.872. The molecule has 3 aromatic carbocycles. The van der Waals surface area contributed by atoms with Crippen LogP contribution in [0.15, 0.2) is 78.9 Å². The van der Waals surface area contributed by atoms with E-state index in [1.165, 1.54) is 0 Å². The fraction of sp³-hybridized carbons (Fsp3) is 0.0952. The Kier molecular flexibility index (Phi) is 6.29. The molecule has 26 heavy (non-hydrogen) atoms. The first-order valence-corrected chi connectivity index (χ1v) is 8.75. The Balaban J connectivity index is 1.78. The van der Waals surface area contributed by atoms with Gasteiger partial charge in [0.25, 0.3) is 0 Å². The van der Waals surface area contributed by atoms with Gasteiger partial charge in [-0.15, -0.1) is 0 Å². The standard InChI is InChI=1S/C21H16Cl2O3/c22-17-8-6-16(7-9-17)20(25-14-15-4-2-1-3-5-15)21(24)26-19-12-10-18(23)11-13-19/h1-13,20H,14H2. The smallest absolute Gasteiger partial charge is 0.345 e. The largest absolute Gasteiger partial charge is 0.424 e. The van der Waals surface area contributed by atoms with Crippen molar-refractivity contribution in [1.29, 1.82) is 0 Å². The van der Waals surface area contributed by atoms with Crippen LogP contribution in [0, 0.1) is 0 Å². The maximum Gasteiger partial charge on any atom is 0.345 e. The molecule has 0 aliphatic rings. The topological polar surface area (TPSA) is 35.5 Å². The summed E-state index contributed by atoms with van der Waals surface area (Å²) < 4.78 is 11.3. The van der Waals surface area contributed by atoms with Gasteiger partial charge in [-0.2, -0.15) is 0 Å². The van der Waals surface area contributed by atoms with Gasteiger partial charge in [-0.1, -0.05) is 65.7 Å². The van der Waals surface area contributed by atoms with E-state index in [-0.39, 0.29) is 6.61 Å². The van der Waals surface area contributed by atoms with Crippen LogP contribution in [0.4, 0.5) is 0 Å². The van der Waals surface area contributed by atoms with Gasteiger partial charge in [0, 0.05) is 10.0 Å². The van der Waals surface area contributed by atoms with Crippen LogP contribution < -0.4 is 4.74 Å². The zero-order chi connectivity index (χ0) is 18.4. The first-order valence-electron chi connectivity index (χ1n) is 8.00. The molecule has 0 N–H and O–H groups in total. The molecule has 3 nitrogen and oxygen atoms in total. The predicted octanol–water partition coefficient (Wildman–Crippen LogP) is 5.86. The average molecular weight is 387 g/mol. The third kappa shape index (κ3) is 5.09. The number of carbonyl (C=O) groups excluding carboxylic acids is 1. The molecule has 0 radical (unpaired) electrons. The van der Waals surface area contributed by atoms with Gasteiger partial charge in [-0.25, -0.2) is 4.79 Å². The number of carbonyl (C=O) groups is 1. The van der Waals surface area contributed by atoms with Gasteiger partial charge in [-0.3, -0.25) is 0 Å². The van der Waals surface area contributed by atoms with Crippen molar-refractivity contribution in [3.63, 3.8) is 0 Å². The molecule has 0 aliphatic heterocycles. The molecule has 0 saturated heterocycles. The van der Waals surface area contributed by atoms with Crippen molar-refractivity contribution in [3.05, 3.63) is 100 Å². The number of halogens is 2. The maximum atomic E-state index is 12.7. The predicted molar refractivity (Wildman–Crippen MR) is 103 cm³/mol. The van der Waals surface area contributed by atoms with Crippen LogP contribution in [0.2, 0.25) is 10.0 Å². The molecule has 132 valence electrons. The normalized spacial score (nSPS) is 11.8. The lowest BCUT2D eigenvalue weighted by Crippen LogP contribution is -2.21. The Morgan fingerprint density at radius 2 is 1.38 bits per heavy atom. The van der Waals surface area contributed by atoms with Gasteiger partial charge in [0.15, 0.2) is 6.10 Å². The molecule has 0 spiro atoms. The molecule has 3 aromatic rings. The summed E-state index contributed by atoms with van der Waals surface area (Å²) in [4.78, 5) is 12.7. The van der Waals surface area contributed by atoms with Crippen LogP contribution in [-0.2, 0) is 16.1 Å². The van der Waals surface area contributed by atoms with Gasteiger partial charge in [-0.05, 0) is 47.5 Å². The van der Waals surface area contributed by atoms with E-state index in [4.69, 9.17) is 32.7 Å². The molecule has 0 aliphatic carbocycles. The van der Waals surface area contributed by atoms with Gasteiger partial charge in [0.2, 0.25) is 0 Å². The summed E-state index contributed by atoms with van der Waals surface area (Å²) >= 11 is 11.8. The number of hydrogen-bond acceptors (Lipinski definition) is 3. The Morgan fingerprint density at radius 3 is 2.00 bits per heavy atom. The maximum absolute atomic E-state index is 12.7. The van der Waals surface area contributed by atoms with Crippen molar-refractivity contribution in [3.8, 4) is 5.75 Å². The van der Waals surface area contributed by atoms with Gasteiger partial charge in [0.05, 0.1) is 6.61 Å². The van der Waals surface area contributed by atoms with E-state index in [0.29, 0.717) is 21.4 Å². The van der Waals surface area contributed by atoms with Gasteiger partial charge in [0.1, 0.15) is 5.75 Å². The summed E-state index contributed by atoms with van der Waals surface area (Å²) in [6.07, 6.45) is -0.872. The van der Waals surface area contributed by atoms with E-state index < -0.39 is 12.1 Å². The molecule has 0 amide bonds. The monoisotopic (exact) mass is 386 g/mol. The third-order valence-electron chi connectivity index (χ3n) is 3.68. The molecular weight excluding hydrogens is 371 g/mol. The van der Waals surface area contributed by atoms with E-state index in [9.17, 15) is 4.79 Å². The van der Waals surface area contributed by atoms with Crippen molar-refractivity contribution in [1.82, 2.24) is 0 Å². The molecule has 0 bridgehead atoms. The molecule has 3 rings (SSSR count). The minimum absolute atomic E-state index is 0.282. The number of rotatable bonds is 6. The highest BCUT2D eigenvalue weighted by Crippen LogP contribution is 2.25. The number of hydrogen-bond donors (Lipinski definition) is 0. The Morgan fingerprint density at radius 1 is 0.808 bits per heavy atom. The summed E-state index contributed by atoms with van der Waals surface area (Å²) in [6.45, 7) is 0.282. The van der Waals surface area contributed by atoms with E-state index in [0.717, 1.165) is 5.56 Å². The Hall–Kier alpha value is -2.33. The first-order chi connectivity index (χ1) is 12.6. The van der Waals surface area contributed by atoms with Gasteiger partial charge < -0.3 is 9.47 Å². The van der Waals surface area contributed by atoms with Crippen LogP contribution in [0.5, 0.6) is 5.75 Å². The third-order valence-corrected chi connectivity index (χ3v) is 4.18. The molecule has 1 unspecified atom stereocenters. The summed E-state index contributed by atoms with van der Waals surface area (Å²) in [5.74, 6) is -0.104. The summed E-state index contributed by atoms with van der Waals surface area (Å²) in [6, 6.07) is 23.1.